The zero-order valence-corrected chi connectivity index (χ0v) is 17.5. The second-order valence-electron chi connectivity index (χ2n) is 9.74. The van der Waals surface area contributed by atoms with Crippen LogP contribution in [0.3, 0.4) is 0 Å². The van der Waals surface area contributed by atoms with Gasteiger partial charge in [0.1, 0.15) is 11.9 Å². The summed E-state index contributed by atoms with van der Waals surface area (Å²) in [7, 11) is 1.93. The van der Waals surface area contributed by atoms with E-state index in [1.807, 2.05) is 11.9 Å². The van der Waals surface area contributed by atoms with Gasteiger partial charge in [-0.25, -0.2) is 0 Å². The van der Waals surface area contributed by atoms with Gasteiger partial charge in [-0.15, -0.1) is 0 Å². The molecule has 1 aromatic rings. The highest BCUT2D eigenvalue weighted by Gasteiger charge is 2.55. The van der Waals surface area contributed by atoms with Crippen molar-refractivity contribution >= 4 is 5.97 Å². The van der Waals surface area contributed by atoms with Gasteiger partial charge in [-0.3, -0.25) is 4.79 Å². The minimum atomic E-state index is -0.715. The second kappa shape index (κ2) is 7.77. The fraction of sp³-hybridized carbons (Fsp3) is 0.625. The van der Waals surface area contributed by atoms with Crippen LogP contribution in [-0.2, 0) is 9.53 Å². The predicted octanol–water partition coefficient (Wildman–Crippen LogP) is 3.67. The summed E-state index contributed by atoms with van der Waals surface area (Å²) < 4.78 is 5.84. The first-order valence-corrected chi connectivity index (χ1v) is 10.8. The molecule has 2 N–H and O–H groups in total. The van der Waals surface area contributed by atoms with Crippen LogP contribution in [0, 0.1) is 23.2 Å². The van der Waals surface area contributed by atoms with Gasteiger partial charge in [0.15, 0.2) is 0 Å². The van der Waals surface area contributed by atoms with Gasteiger partial charge >= 0.3 is 5.97 Å². The lowest BCUT2D eigenvalue weighted by Crippen LogP contribution is -2.45. The Morgan fingerprint density at radius 3 is 2.97 bits per heavy atom. The van der Waals surface area contributed by atoms with Crippen LogP contribution in [0.25, 0.3) is 0 Å². The van der Waals surface area contributed by atoms with Gasteiger partial charge in [0, 0.05) is 19.0 Å². The highest BCUT2D eigenvalue weighted by atomic mass is 16.6. The van der Waals surface area contributed by atoms with Gasteiger partial charge in [-0.05, 0) is 68.2 Å². The van der Waals surface area contributed by atoms with E-state index < -0.39 is 6.10 Å². The van der Waals surface area contributed by atoms with Crippen LogP contribution in [0.5, 0.6) is 5.75 Å². The van der Waals surface area contributed by atoms with Crippen LogP contribution in [0.15, 0.2) is 36.4 Å². The number of aliphatic hydroxyl groups excluding tert-OH is 1. The third-order valence-corrected chi connectivity index (χ3v) is 7.57. The Bertz CT molecular complexity index is 793. The number of benzene rings is 1. The summed E-state index contributed by atoms with van der Waals surface area (Å²) in [6, 6.07) is 6.69. The van der Waals surface area contributed by atoms with Crippen molar-refractivity contribution in [2.45, 2.75) is 51.2 Å². The van der Waals surface area contributed by atoms with Crippen LogP contribution >= 0.6 is 0 Å². The SMILES string of the molecule is C=C1CCC[C@]2(C)C[C@H]3OC(=O)C(CN(C)CC(O)c4cccc(O)c4)[C@H]3C[C@@H]12. The van der Waals surface area contributed by atoms with Gasteiger partial charge in [0.2, 0.25) is 0 Å². The number of nitrogens with zero attached hydrogens (tertiary/aromatic N) is 1. The molecule has 0 bridgehead atoms. The lowest BCUT2D eigenvalue weighted by molar-refractivity contribution is -0.146. The van der Waals surface area contributed by atoms with E-state index >= 15 is 0 Å². The smallest absolute Gasteiger partial charge is 0.310 e. The quantitative estimate of drug-likeness (QED) is 0.584. The molecule has 4 rings (SSSR count). The average Bonchev–Trinajstić information content (AvgIpc) is 2.94. The topological polar surface area (TPSA) is 70.0 Å². The van der Waals surface area contributed by atoms with E-state index in [-0.39, 0.29) is 35.1 Å². The number of hydrogen-bond donors (Lipinski definition) is 2. The summed E-state index contributed by atoms with van der Waals surface area (Å²) in [6.07, 6.45) is 4.72. The van der Waals surface area contributed by atoms with Crippen LogP contribution < -0.4 is 0 Å². The predicted molar refractivity (Wildman–Crippen MR) is 111 cm³/mol. The highest BCUT2D eigenvalue weighted by Crippen LogP contribution is 2.56. The maximum atomic E-state index is 12.7. The lowest BCUT2D eigenvalue weighted by Gasteiger charge is -2.50. The second-order valence-corrected chi connectivity index (χ2v) is 9.74. The standard InChI is InChI=1S/C24H33NO4/c1-15-6-5-9-24(2)12-22-18(11-20(15)24)19(23(28)29-22)13-25(3)14-21(27)16-7-4-8-17(26)10-16/h4,7-8,10,18-22,26-27H,1,5-6,9,11-14H2,2-3H3/t18-,19?,20+,21?,22-,24-/m1/s1. The largest absolute Gasteiger partial charge is 0.508 e. The summed E-state index contributed by atoms with van der Waals surface area (Å²) in [5, 5.41) is 20.2. The maximum Gasteiger partial charge on any atom is 0.310 e. The molecule has 1 aliphatic heterocycles. The Morgan fingerprint density at radius 2 is 2.21 bits per heavy atom. The van der Waals surface area contributed by atoms with Crippen LogP contribution in [-0.4, -0.2) is 47.3 Å². The van der Waals surface area contributed by atoms with Crippen molar-refractivity contribution in [2.75, 3.05) is 20.1 Å². The van der Waals surface area contributed by atoms with Crippen molar-refractivity contribution in [3.05, 3.63) is 42.0 Å². The van der Waals surface area contributed by atoms with E-state index in [1.165, 1.54) is 18.4 Å². The van der Waals surface area contributed by atoms with Crippen LogP contribution in [0.4, 0.5) is 0 Å². The first kappa shape index (κ1) is 20.4. The number of phenolic OH excluding ortho intramolecular Hbond substituents is 1. The molecule has 0 amide bonds. The first-order valence-electron chi connectivity index (χ1n) is 10.8. The van der Waals surface area contributed by atoms with Crippen molar-refractivity contribution in [1.82, 2.24) is 4.90 Å². The Labute approximate surface area is 173 Å². The molecule has 3 fully saturated rings. The van der Waals surface area contributed by atoms with E-state index in [2.05, 4.69) is 13.5 Å². The lowest BCUT2D eigenvalue weighted by atomic mass is 9.55. The molecule has 0 radical (unpaired) electrons. The third kappa shape index (κ3) is 3.95. The van der Waals surface area contributed by atoms with E-state index in [4.69, 9.17) is 4.74 Å². The van der Waals surface area contributed by atoms with Gasteiger partial charge in [0.05, 0.1) is 12.0 Å². The van der Waals surface area contributed by atoms with Crippen molar-refractivity contribution in [3.63, 3.8) is 0 Å². The normalized spacial score (nSPS) is 35.2. The molecule has 5 heteroatoms. The van der Waals surface area contributed by atoms with Crippen molar-refractivity contribution in [3.8, 4) is 5.75 Å². The fourth-order valence-electron chi connectivity index (χ4n) is 6.01. The van der Waals surface area contributed by atoms with Crippen LogP contribution in [0.1, 0.15) is 50.7 Å². The zero-order valence-electron chi connectivity index (χ0n) is 17.5. The number of phenols is 1. The number of esters is 1. The molecular weight excluding hydrogens is 366 g/mol. The Balaban J connectivity index is 1.42. The molecule has 0 aromatic heterocycles. The molecule has 2 aliphatic carbocycles. The molecule has 29 heavy (non-hydrogen) atoms. The monoisotopic (exact) mass is 399 g/mol. The maximum absolute atomic E-state index is 12.7. The van der Waals surface area contributed by atoms with Crippen LogP contribution in [0.2, 0.25) is 0 Å². The van der Waals surface area contributed by atoms with Crippen molar-refractivity contribution in [1.29, 1.82) is 0 Å². The molecule has 1 heterocycles. The minimum absolute atomic E-state index is 0.0176. The van der Waals surface area contributed by atoms with Crippen molar-refractivity contribution < 1.29 is 19.7 Å². The van der Waals surface area contributed by atoms with Gasteiger partial charge in [-0.1, -0.05) is 31.2 Å². The molecule has 6 atom stereocenters. The molecule has 3 aliphatic rings. The summed E-state index contributed by atoms with van der Waals surface area (Å²) in [5.74, 6) is 0.616. The number of likely N-dealkylation sites (N-methyl/N-ethyl adjacent to an activating group) is 1. The highest BCUT2D eigenvalue weighted by molar-refractivity contribution is 5.75. The molecule has 0 spiro atoms. The molecule has 1 aromatic carbocycles. The number of allylic oxidation sites excluding steroid dienone is 1. The third-order valence-electron chi connectivity index (χ3n) is 7.57. The molecule has 2 unspecified atom stereocenters. The van der Waals surface area contributed by atoms with Gasteiger partial charge in [0.25, 0.3) is 0 Å². The summed E-state index contributed by atoms with van der Waals surface area (Å²) in [5.41, 5.74) is 2.24. The van der Waals surface area contributed by atoms with E-state index in [1.54, 1.807) is 24.3 Å². The number of rotatable bonds is 5. The summed E-state index contributed by atoms with van der Waals surface area (Å²) in [4.78, 5) is 14.7. The van der Waals surface area contributed by atoms with E-state index in [0.29, 0.717) is 24.6 Å². The van der Waals surface area contributed by atoms with Gasteiger partial charge in [-0.2, -0.15) is 0 Å². The molecule has 158 valence electrons. The number of aliphatic hydroxyl groups is 1. The Kier molecular flexibility index (Phi) is 5.47. The Morgan fingerprint density at radius 1 is 1.41 bits per heavy atom. The summed E-state index contributed by atoms with van der Waals surface area (Å²) >= 11 is 0. The summed E-state index contributed by atoms with van der Waals surface area (Å²) in [6.45, 7) is 7.67. The molecule has 5 nitrogen and oxygen atoms in total. The van der Waals surface area contributed by atoms with Crippen molar-refractivity contribution in [2.24, 2.45) is 23.2 Å². The number of ether oxygens (including phenoxy) is 1. The first-order chi connectivity index (χ1) is 13.8. The zero-order chi connectivity index (χ0) is 20.8. The fourth-order valence-corrected chi connectivity index (χ4v) is 6.01. The minimum Gasteiger partial charge on any atom is -0.508 e. The van der Waals surface area contributed by atoms with E-state index in [0.717, 1.165) is 19.3 Å². The number of aromatic hydroxyl groups is 1. The van der Waals surface area contributed by atoms with E-state index in [9.17, 15) is 15.0 Å². The number of hydrogen-bond acceptors (Lipinski definition) is 5. The number of fused-ring (bicyclic) bond motifs is 2. The number of carbonyl (C=O) groups is 1. The van der Waals surface area contributed by atoms with Gasteiger partial charge < -0.3 is 19.8 Å². The Hall–Kier alpha value is -1.85. The number of carbonyl (C=O) groups excluding carboxylic acids is 1. The average molecular weight is 400 g/mol. The molecule has 1 saturated heterocycles. The molecular formula is C24H33NO4. The molecule has 2 saturated carbocycles.